The molecule has 106 valence electrons. The van der Waals surface area contributed by atoms with E-state index in [9.17, 15) is 4.79 Å². The molecule has 0 bridgehead atoms. The summed E-state index contributed by atoms with van der Waals surface area (Å²) in [5, 5.41) is 10.5. The second-order valence-corrected chi connectivity index (χ2v) is 5.52. The van der Waals surface area contributed by atoms with Crippen molar-refractivity contribution in [3.63, 3.8) is 0 Å². The van der Waals surface area contributed by atoms with Gasteiger partial charge in [-0.25, -0.2) is 0 Å². The van der Waals surface area contributed by atoms with Crippen molar-refractivity contribution >= 4 is 17.2 Å². The average Bonchev–Trinajstić information content (AvgIpc) is 3.00. The van der Waals surface area contributed by atoms with E-state index in [1.807, 2.05) is 30.3 Å². The molecule has 1 heterocycles. The molecule has 2 aromatic rings. The molecule has 20 heavy (non-hydrogen) atoms. The lowest BCUT2D eigenvalue weighted by atomic mass is 10.2. The van der Waals surface area contributed by atoms with Gasteiger partial charge in [0.2, 0.25) is 5.91 Å². The highest BCUT2D eigenvalue weighted by molar-refractivity contribution is 7.07. The van der Waals surface area contributed by atoms with Crippen LogP contribution in [0.25, 0.3) is 0 Å². The average molecular weight is 288 g/mol. The molecule has 2 rings (SSSR count). The fourth-order valence-corrected chi connectivity index (χ4v) is 2.68. The van der Waals surface area contributed by atoms with E-state index in [2.05, 4.69) is 34.4 Å². The highest BCUT2D eigenvalue weighted by Crippen LogP contribution is 2.15. The van der Waals surface area contributed by atoms with E-state index in [0.29, 0.717) is 25.6 Å². The molecule has 0 unspecified atom stereocenters. The quantitative estimate of drug-likeness (QED) is 0.822. The fourth-order valence-electron chi connectivity index (χ4n) is 1.93. The van der Waals surface area contributed by atoms with Gasteiger partial charge >= 0.3 is 0 Å². The number of carbonyl (C=O) groups is 1. The van der Waals surface area contributed by atoms with E-state index in [1.54, 1.807) is 11.3 Å². The van der Waals surface area contributed by atoms with E-state index >= 15 is 0 Å². The third-order valence-corrected chi connectivity index (χ3v) is 3.88. The van der Waals surface area contributed by atoms with E-state index in [4.69, 9.17) is 0 Å². The predicted molar refractivity (Wildman–Crippen MR) is 83.6 cm³/mol. The Morgan fingerprint density at radius 2 is 2.05 bits per heavy atom. The van der Waals surface area contributed by atoms with E-state index in [0.717, 1.165) is 5.56 Å². The summed E-state index contributed by atoms with van der Waals surface area (Å²) in [5.41, 5.74) is 2.40. The molecular formula is C16H20N2OS. The summed E-state index contributed by atoms with van der Waals surface area (Å²) < 4.78 is 0. The van der Waals surface area contributed by atoms with E-state index < -0.39 is 0 Å². The maximum absolute atomic E-state index is 11.7. The molecule has 0 saturated carbocycles. The zero-order valence-corrected chi connectivity index (χ0v) is 12.5. The minimum Gasteiger partial charge on any atom is -0.352 e. The number of thiophene rings is 1. The Balaban J connectivity index is 1.63. The maximum atomic E-state index is 11.7. The highest BCUT2D eigenvalue weighted by atomic mass is 32.1. The standard InChI is InChI=1S/C16H20N2OS/c1-13(15-8-10-20-12-15)17-9-7-16(19)18-11-14-5-3-2-4-6-14/h2-6,8,10,12-13,17H,7,9,11H2,1H3,(H,18,19)/t13-/m1/s1. The molecule has 1 amide bonds. The molecule has 0 spiro atoms. The van der Waals surface area contributed by atoms with Crippen molar-refractivity contribution in [2.75, 3.05) is 6.54 Å². The van der Waals surface area contributed by atoms with Gasteiger partial charge in [0, 0.05) is 25.6 Å². The number of hydrogen-bond donors (Lipinski definition) is 2. The van der Waals surface area contributed by atoms with Crippen molar-refractivity contribution < 1.29 is 4.79 Å². The first-order chi connectivity index (χ1) is 9.75. The van der Waals surface area contributed by atoms with Crippen molar-refractivity contribution in [1.29, 1.82) is 0 Å². The van der Waals surface area contributed by atoms with Crippen molar-refractivity contribution in [2.45, 2.75) is 25.9 Å². The zero-order valence-electron chi connectivity index (χ0n) is 11.6. The molecule has 0 fully saturated rings. The Bertz CT molecular complexity index is 511. The first-order valence-corrected chi connectivity index (χ1v) is 7.76. The molecule has 0 saturated heterocycles. The molecule has 2 N–H and O–H groups in total. The Morgan fingerprint density at radius 3 is 2.75 bits per heavy atom. The first-order valence-electron chi connectivity index (χ1n) is 6.82. The van der Waals surface area contributed by atoms with Gasteiger partial charge in [-0.05, 0) is 34.9 Å². The van der Waals surface area contributed by atoms with Gasteiger partial charge in [0.25, 0.3) is 0 Å². The Morgan fingerprint density at radius 1 is 1.25 bits per heavy atom. The van der Waals surface area contributed by atoms with E-state index in [-0.39, 0.29) is 5.91 Å². The summed E-state index contributed by atoms with van der Waals surface area (Å²) in [6, 6.07) is 12.4. The van der Waals surface area contributed by atoms with Gasteiger partial charge < -0.3 is 10.6 Å². The monoisotopic (exact) mass is 288 g/mol. The molecule has 0 aliphatic rings. The van der Waals surface area contributed by atoms with Crippen molar-refractivity contribution in [3.8, 4) is 0 Å². The fraction of sp³-hybridized carbons (Fsp3) is 0.312. The van der Waals surface area contributed by atoms with Crippen LogP contribution in [0.3, 0.4) is 0 Å². The SMILES string of the molecule is C[C@@H](NCCC(=O)NCc1ccccc1)c1ccsc1. The van der Waals surface area contributed by atoms with Crippen LogP contribution in [0.5, 0.6) is 0 Å². The molecule has 1 atom stereocenters. The summed E-state index contributed by atoms with van der Waals surface area (Å²) in [5.74, 6) is 0.0823. The summed E-state index contributed by atoms with van der Waals surface area (Å²) in [6.45, 7) is 3.40. The Labute approximate surface area is 124 Å². The molecule has 0 aliphatic carbocycles. The third kappa shape index (κ3) is 4.79. The topological polar surface area (TPSA) is 41.1 Å². The van der Waals surface area contributed by atoms with E-state index in [1.165, 1.54) is 5.56 Å². The van der Waals surface area contributed by atoms with Crippen LogP contribution in [0.4, 0.5) is 0 Å². The lowest BCUT2D eigenvalue weighted by Gasteiger charge is -2.12. The number of nitrogens with one attached hydrogen (secondary N) is 2. The lowest BCUT2D eigenvalue weighted by molar-refractivity contribution is -0.121. The number of hydrogen-bond acceptors (Lipinski definition) is 3. The second-order valence-electron chi connectivity index (χ2n) is 4.74. The molecule has 1 aromatic heterocycles. The van der Waals surface area contributed by atoms with Gasteiger partial charge in [-0.3, -0.25) is 4.79 Å². The molecule has 3 nitrogen and oxygen atoms in total. The minimum atomic E-state index is 0.0823. The van der Waals surface area contributed by atoms with Crippen LogP contribution in [-0.4, -0.2) is 12.5 Å². The molecule has 4 heteroatoms. The van der Waals surface area contributed by atoms with Crippen LogP contribution in [0.15, 0.2) is 47.2 Å². The van der Waals surface area contributed by atoms with Gasteiger partial charge in [0.05, 0.1) is 0 Å². The minimum absolute atomic E-state index is 0.0823. The normalized spacial score (nSPS) is 12.1. The van der Waals surface area contributed by atoms with Crippen LogP contribution in [-0.2, 0) is 11.3 Å². The van der Waals surface area contributed by atoms with Gasteiger partial charge in [-0.15, -0.1) is 0 Å². The summed E-state index contributed by atoms with van der Waals surface area (Å²) in [7, 11) is 0. The van der Waals surface area contributed by atoms with Crippen LogP contribution in [0.2, 0.25) is 0 Å². The third-order valence-electron chi connectivity index (χ3n) is 3.18. The molecule has 0 aliphatic heterocycles. The lowest BCUT2D eigenvalue weighted by Crippen LogP contribution is -2.28. The second kappa shape index (κ2) is 7.82. The van der Waals surface area contributed by atoms with Gasteiger partial charge in [0.15, 0.2) is 0 Å². The van der Waals surface area contributed by atoms with Crippen LogP contribution < -0.4 is 10.6 Å². The maximum Gasteiger partial charge on any atom is 0.221 e. The summed E-state index contributed by atoms with van der Waals surface area (Å²) in [4.78, 5) is 11.7. The van der Waals surface area contributed by atoms with Crippen molar-refractivity contribution in [1.82, 2.24) is 10.6 Å². The van der Waals surface area contributed by atoms with Gasteiger partial charge in [-0.1, -0.05) is 30.3 Å². The number of rotatable bonds is 7. The van der Waals surface area contributed by atoms with Gasteiger partial charge in [-0.2, -0.15) is 11.3 Å². The molecule has 0 radical (unpaired) electrons. The highest BCUT2D eigenvalue weighted by Gasteiger charge is 2.06. The Kier molecular flexibility index (Phi) is 5.77. The summed E-state index contributed by atoms with van der Waals surface area (Å²) >= 11 is 1.69. The summed E-state index contributed by atoms with van der Waals surface area (Å²) in [6.07, 6.45) is 0.501. The zero-order chi connectivity index (χ0) is 14.2. The van der Waals surface area contributed by atoms with Crippen LogP contribution >= 0.6 is 11.3 Å². The van der Waals surface area contributed by atoms with Crippen molar-refractivity contribution in [3.05, 3.63) is 58.3 Å². The van der Waals surface area contributed by atoms with Crippen molar-refractivity contribution in [2.24, 2.45) is 0 Å². The Hall–Kier alpha value is -1.65. The van der Waals surface area contributed by atoms with Gasteiger partial charge in [0.1, 0.15) is 0 Å². The largest absolute Gasteiger partial charge is 0.352 e. The number of amides is 1. The number of benzene rings is 1. The molecular weight excluding hydrogens is 268 g/mol. The van der Waals surface area contributed by atoms with Crippen LogP contribution in [0.1, 0.15) is 30.5 Å². The first kappa shape index (κ1) is 14.8. The smallest absolute Gasteiger partial charge is 0.221 e. The molecule has 1 aromatic carbocycles. The predicted octanol–water partition coefficient (Wildman–Crippen LogP) is 3.11. The van der Waals surface area contributed by atoms with Crippen LogP contribution in [0, 0.1) is 0 Å². The number of carbonyl (C=O) groups excluding carboxylic acids is 1.